The molecule has 1 aliphatic rings. The summed E-state index contributed by atoms with van der Waals surface area (Å²) in [7, 11) is -3.46. The van der Waals surface area contributed by atoms with Crippen LogP contribution >= 0.6 is 15.9 Å². The van der Waals surface area contributed by atoms with E-state index in [1.807, 2.05) is 19.1 Å². The van der Waals surface area contributed by atoms with Gasteiger partial charge in [0.25, 0.3) is 0 Å². The van der Waals surface area contributed by atoms with E-state index in [9.17, 15) is 8.42 Å². The Morgan fingerprint density at radius 3 is 2.45 bits per heavy atom. The summed E-state index contributed by atoms with van der Waals surface area (Å²) in [5.41, 5.74) is 0.446. The Hall–Kier alpha value is -0.390. The molecule has 0 radical (unpaired) electrons. The van der Waals surface area contributed by atoms with Gasteiger partial charge in [-0.2, -0.15) is 0 Å². The lowest BCUT2D eigenvalue weighted by Gasteiger charge is -2.38. The zero-order valence-corrected chi connectivity index (χ0v) is 14.4. The summed E-state index contributed by atoms with van der Waals surface area (Å²) >= 11 is 3.50. The summed E-state index contributed by atoms with van der Waals surface area (Å²) in [4.78, 5) is 0.388. The quantitative estimate of drug-likeness (QED) is 0.834. The highest BCUT2D eigenvalue weighted by Crippen LogP contribution is 2.34. The second kappa shape index (κ2) is 6.16. The summed E-state index contributed by atoms with van der Waals surface area (Å²) in [5, 5.41) is 0.665. The molecule has 0 spiro atoms. The molecule has 5 heteroatoms. The van der Waals surface area contributed by atoms with Gasteiger partial charge in [-0.3, -0.25) is 0 Å². The molecule has 1 fully saturated rings. The van der Waals surface area contributed by atoms with Crippen LogP contribution in [0.3, 0.4) is 0 Å². The number of rotatable bonds is 4. The lowest BCUT2D eigenvalue weighted by atomic mass is 9.79. The van der Waals surface area contributed by atoms with Crippen molar-refractivity contribution in [3.8, 4) is 0 Å². The van der Waals surface area contributed by atoms with Gasteiger partial charge in [-0.05, 0) is 50.2 Å². The first-order valence-electron chi connectivity index (χ1n) is 7.04. The molecule has 0 aliphatic heterocycles. The van der Waals surface area contributed by atoms with Crippen LogP contribution in [0.1, 0.15) is 38.2 Å². The molecule has 1 aromatic rings. The van der Waals surface area contributed by atoms with Gasteiger partial charge in [0, 0.05) is 10.9 Å². The molecule has 0 atom stereocenters. The maximum atomic E-state index is 12.6. The van der Waals surface area contributed by atoms with Crippen LogP contribution in [0.4, 0.5) is 0 Å². The van der Waals surface area contributed by atoms with E-state index in [0.29, 0.717) is 16.1 Å². The average molecular weight is 360 g/mol. The smallest absolute Gasteiger partial charge is 0.207 e. The van der Waals surface area contributed by atoms with Crippen molar-refractivity contribution in [3.63, 3.8) is 0 Å². The summed E-state index contributed by atoms with van der Waals surface area (Å²) in [6, 6.07) is 7.13. The zero-order valence-electron chi connectivity index (χ0n) is 12.0. The minimum absolute atomic E-state index is 0.340. The van der Waals surface area contributed by atoms with Gasteiger partial charge in [0.15, 0.2) is 0 Å². The predicted octanol–water partition coefficient (Wildman–Crippen LogP) is 3.62. The van der Waals surface area contributed by atoms with Crippen LogP contribution < -0.4 is 4.72 Å². The van der Waals surface area contributed by atoms with E-state index in [2.05, 4.69) is 27.6 Å². The number of hydrogen-bond donors (Lipinski definition) is 1. The number of halogens is 1. The van der Waals surface area contributed by atoms with Crippen molar-refractivity contribution in [1.29, 1.82) is 0 Å². The van der Waals surface area contributed by atoms with Gasteiger partial charge >= 0.3 is 0 Å². The highest BCUT2D eigenvalue weighted by Gasteiger charge is 2.37. The second-order valence-electron chi connectivity index (χ2n) is 5.97. The normalized spacial score (nSPS) is 27.4. The van der Waals surface area contributed by atoms with Crippen LogP contribution in [0, 0.1) is 12.8 Å². The number of nitrogens with one attached hydrogen (secondary N) is 1. The Bertz CT molecular complexity index is 563. The zero-order chi connectivity index (χ0) is 14.8. The molecule has 20 heavy (non-hydrogen) atoms. The lowest BCUT2D eigenvalue weighted by molar-refractivity contribution is 0.250. The molecular formula is C15H22BrNO2S. The fraction of sp³-hybridized carbons (Fsp3) is 0.600. The molecule has 2 rings (SSSR count). The van der Waals surface area contributed by atoms with Gasteiger partial charge in [-0.25, -0.2) is 13.1 Å². The Labute approximate surface area is 130 Å². The highest BCUT2D eigenvalue weighted by atomic mass is 79.9. The molecule has 0 aromatic heterocycles. The maximum Gasteiger partial charge on any atom is 0.241 e. The van der Waals surface area contributed by atoms with Crippen LogP contribution in [0.2, 0.25) is 0 Å². The molecule has 1 saturated carbocycles. The molecule has 1 N–H and O–H groups in total. The molecule has 0 amide bonds. The Morgan fingerprint density at radius 2 is 1.90 bits per heavy atom. The van der Waals surface area contributed by atoms with Crippen LogP contribution in [-0.2, 0) is 10.0 Å². The van der Waals surface area contributed by atoms with Crippen LogP contribution in [-0.4, -0.2) is 19.3 Å². The molecular weight excluding hydrogens is 338 g/mol. The lowest BCUT2D eigenvalue weighted by Crippen LogP contribution is -2.51. The van der Waals surface area contributed by atoms with Gasteiger partial charge in [0.2, 0.25) is 10.0 Å². The third kappa shape index (κ3) is 3.43. The van der Waals surface area contributed by atoms with Crippen molar-refractivity contribution in [1.82, 2.24) is 4.72 Å². The number of aryl methyl sites for hydroxylation is 1. The largest absolute Gasteiger partial charge is 0.241 e. The van der Waals surface area contributed by atoms with Gasteiger partial charge in [-0.1, -0.05) is 41.1 Å². The minimum atomic E-state index is -3.46. The molecule has 0 bridgehead atoms. The van der Waals surface area contributed by atoms with Crippen LogP contribution in [0.25, 0.3) is 0 Å². The first-order valence-corrected chi connectivity index (χ1v) is 9.65. The molecule has 3 nitrogen and oxygen atoms in total. The topological polar surface area (TPSA) is 46.2 Å². The highest BCUT2D eigenvalue weighted by molar-refractivity contribution is 9.09. The first kappa shape index (κ1) is 16.0. The fourth-order valence-electron chi connectivity index (χ4n) is 2.78. The number of alkyl halides is 1. The van der Waals surface area contributed by atoms with E-state index in [4.69, 9.17) is 0 Å². The van der Waals surface area contributed by atoms with Gasteiger partial charge in [0.05, 0.1) is 4.90 Å². The molecule has 1 aliphatic carbocycles. The van der Waals surface area contributed by atoms with E-state index >= 15 is 0 Å². The van der Waals surface area contributed by atoms with Gasteiger partial charge < -0.3 is 0 Å². The summed E-state index contributed by atoms with van der Waals surface area (Å²) in [5.74, 6) is 0.685. The third-order valence-electron chi connectivity index (χ3n) is 4.22. The van der Waals surface area contributed by atoms with Crippen molar-refractivity contribution in [2.45, 2.75) is 50.0 Å². The van der Waals surface area contributed by atoms with Crippen LogP contribution in [0.15, 0.2) is 29.2 Å². The standard InChI is InChI=1S/C15H22BrNO2S/c1-12-7-9-15(11-16,10-8-12)17-20(18,19)14-6-4-3-5-13(14)2/h3-6,12,17H,7-11H2,1-2H3. The van der Waals surface area contributed by atoms with Crippen molar-refractivity contribution < 1.29 is 8.42 Å². The molecule has 0 saturated heterocycles. The van der Waals surface area contributed by atoms with Gasteiger partial charge in [-0.15, -0.1) is 0 Å². The number of sulfonamides is 1. The second-order valence-corrected chi connectivity index (χ2v) is 8.18. The van der Waals surface area contributed by atoms with E-state index in [1.165, 1.54) is 0 Å². The summed E-state index contributed by atoms with van der Waals surface area (Å²) in [6.07, 6.45) is 3.93. The van der Waals surface area contributed by atoms with Gasteiger partial charge in [0.1, 0.15) is 0 Å². The SMILES string of the molecule is Cc1ccccc1S(=O)(=O)NC1(CBr)CCC(C)CC1. The minimum Gasteiger partial charge on any atom is -0.207 e. The van der Waals surface area contributed by atoms with E-state index in [1.54, 1.807) is 12.1 Å². The summed E-state index contributed by atoms with van der Waals surface area (Å²) in [6.45, 7) is 4.06. The van der Waals surface area contributed by atoms with E-state index < -0.39 is 10.0 Å². The Kier molecular flexibility index (Phi) is 4.92. The fourth-order valence-corrected chi connectivity index (χ4v) is 5.37. The molecule has 0 unspecified atom stereocenters. The molecule has 1 aromatic carbocycles. The van der Waals surface area contributed by atoms with Crippen molar-refractivity contribution in [2.24, 2.45) is 5.92 Å². The molecule has 112 valence electrons. The third-order valence-corrected chi connectivity index (χ3v) is 7.03. The van der Waals surface area contributed by atoms with Crippen molar-refractivity contribution in [3.05, 3.63) is 29.8 Å². The Balaban J connectivity index is 2.25. The van der Waals surface area contributed by atoms with Crippen molar-refractivity contribution in [2.75, 3.05) is 5.33 Å². The van der Waals surface area contributed by atoms with E-state index in [-0.39, 0.29) is 5.54 Å². The Morgan fingerprint density at radius 1 is 1.30 bits per heavy atom. The number of benzene rings is 1. The molecule has 0 heterocycles. The maximum absolute atomic E-state index is 12.6. The first-order chi connectivity index (χ1) is 9.38. The number of hydrogen-bond acceptors (Lipinski definition) is 2. The monoisotopic (exact) mass is 359 g/mol. The van der Waals surface area contributed by atoms with Crippen molar-refractivity contribution >= 4 is 26.0 Å². The average Bonchev–Trinajstić information content (AvgIpc) is 2.42. The van der Waals surface area contributed by atoms with Crippen LogP contribution in [0.5, 0.6) is 0 Å². The van der Waals surface area contributed by atoms with E-state index in [0.717, 1.165) is 31.2 Å². The predicted molar refractivity (Wildman–Crippen MR) is 85.7 cm³/mol. The summed E-state index contributed by atoms with van der Waals surface area (Å²) < 4.78 is 28.2.